The highest BCUT2D eigenvalue weighted by Gasteiger charge is 2.25. The van der Waals surface area contributed by atoms with Gasteiger partial charge in [0.25, 0.3) is 11.5 Å². The first-order valence-corrected chi connectivity index (χ1v) is 14.2. The number of thiazole rings is 1. The average molecular weight is 598 g/mol. The third kappa shape index (κ3) is 5.12. The summed E-state index contributed by atoms with van der Waals surface area (Å²) in [6, 6.07) is 10.3. The number of rotatable bonds is 7. The molecule has 5 aromatic rings. The zero-order valence-corrected chi connectivity index (χ0v) is 24.4. The lowest BCUT2D eigenvalue weighted by Crippen LogP contribution is -2.25. The molecular formula is C29H27N9O4S. The number of carbonyl (C=O) groups excluding carboxylic acids is 2. The lowest BCUT2D eigenvalue weighted by atomic mass is 10.2. The topological polar surface area (TPSA) is 163 Å². The van der Waals surface area contributed by atoms with Crippen molar-refractivity contribution in [2.45, 2.75) is 19.8 Å². The van der Waals surface area contributed by atoms with Crippen LogP contribution in [0, 0.1) is 6.92 Å². The van der Waals surface area contributed by atoms with Gasteiger partial charge in [-0.2, -0.15) is 0 Å². The zero-order valence-electron chi connectivity index (χ0n) is 23.6. The smallest absolute Gasteiger partial charge is 0.284 e. The molecule has 0 atom stereocenters. The number of carbonyl (C=O) groups is 2. The van der Waals surface area contributed by atoms with Crippen LogP contribution in [0.4, 0.5) is 16.6 Å². The first-order valence-electron chi connectivity index (χ1n) is 13.3. The molecule has 1 saturated heterocycles. The van der Waals surface area contributed by atoms with Crippen LogP contribution < -0.4 is 26.2 Å². The summed E-state index contributed by atoms with van der Waals surface area (Å²) >= 11 is 1.37. The van der Waals surface area contributed by atoms with Crippen molar-refractivity contribution in [3.8, 4) is 34.2 Å². The Hall–Kier alpha value is -5.37. The van der Waals surface area contributed by atoms with Crippen LogP contribution in [-0.4, -0.2) is 54.8 Å². The van der Waals surface area contributed by atoms with E-state index in [-0.39, 0.29) is 17.3 Å². The van der Waals surface area contributed by atoms with Gasteiger partial charge in [-0.15, -0.1) is 11.3 Å². The molecule has 1 aliphatic rings. The Labute approximate surface area is 249 Å². The van der Waals surface area contributed by atoms with E-state index in [2.05, 4.69) is 25.3 Å². The molecule has 3 N–H and O–H groups in total. The number of hydrogen-bond donors (Lipinski definition) is 2. The van der Waals surface area contributed by atoms with Crippen molar-refractivity contribution in [2.24, 2.45) is 7.05 Å². The molecule has 0 radical (unpaired) electrons. The van der Waals surface area contributed by atoms with Crippen LogP contribution in [0.5, 0.6) is 5.75 Å². The van der Waals surface area contributed by atoms with E-state index in [1.807, 2.05) is 5.38 Å². The molecule has 0 aliphatic carbocycles. The Balaban J connectivity index is 1.23. The van der Waals surface area contributed by atoms with E-state index in [0.717, 1.165) is 6.42 Å². The second kappa shape index (κ2) is 11.1. The fourth-order valence-corrected chi connectivity index (χ4v) is 5.73. The van der Waals surface area contributed by atoms with Gasteiger partial charge in [0.2, 0.25) is 5.91 Å². The minimum absolute atomic E-state index is 0.00970. The second-order valence-electron chi connectivity index (χ2n) is 9.84. The highest BCUT2D eigenvalue weighted by atomic mass is 32.1. The summed E-state index contributed by atoms with van der Waals surface area (Å²) in [7, 11) is 3.26. The van der Waals surface area contributed by atoms with Gasteiger partial charge in [0, 0.05) is 31.5 Å². The minimum Gasteiger partial charge on any atom is -0.497 e. The molecule has 13 nitrogen and oxygen atoms in total. The summed E-state index contributed by atoms with van der Waals surface area (Å²) in [5.74, 6) is 0.264. The van der Waals surface area contributed by atoms with E-state index in [9.17, 15) is 14.4 Å². The molecule has 14 heteroatoms. The summed E-state index contributed by atoms with van der Waals surface area (Å²) in [6.45, 7) is 2.36. The van der Waals surface area contributed by atoms with Gasteiger partial charge in [0.05, 0.1) is 42.3 Å². The molecule has 2 amide bonds. The molecule has 1 fully saturated rings. The predicted molar refractivity (Wildman–Crippen MR) is 163 cm³/mol. The van der Waals surface area contributed by atoms with Gasteiger partial charge in [-0.3, -0.25) is 28.9 Å². The van der Waals surface area contributed by atoms with Crippen molar-refractivity contribution < 1.29 is 14.3 Å². The number of nitrogens with one attached hydrogen (secondary N) is 1. The standard InChI is InChI=1S/C29H27N9O4S/c1-16-24(28(41)38(36(16)2)18-6-4-7-19(12-18)42-3)27(40)33-17-9-10-20(31-13-17)25-26(30)32-14-21(34-25)22-15-43-29(35-22)37-11-5-8-23(37)39/h4,6-7,9-10,12-15H,5,8,11H2,1-3H3,(H2,30,32)(H,33,40). The molecule has 5 heterocycles. The van der Waals surface area contributed by atoms with E-state index in [1.165, 1.54) is 28.4 Å². The number of hydrogen-bond acceptors (Lipinski definition) is 10. The third-order valence-corrected chi connectivity index (χ3v) is 8.07. The minimum atomic E-state index is -0.564. The quantitative estimate of drug-likeness (QED) is 0.286. The molecule has 1 aromatic carbocycles. The molecule has 0 saturated carbocycles. The number of benzene rings is 1. The number of anilines is 3. The summed E-state index contributed by atoms with van der Waals surface area (Å²) in [5, 5.41) is 5.21. The maximum Gasteiger partial charge on any atom is 0.284 e. The SMILES string of the molecule is COc1cccc(-n2c(=O)c(C(=O)Nc3ccc(-c4nc(-c5csc(N6CCCC6=O)n5)cnc4N)nc3)c(C)n2C)c1. The highest BCUT2D eigenvalue weighted by molar-refractivity contribution is 7.14. The fourth-order valence-electron chi connectivity index (χ4n) is 4.87. The lowest BCUT2D eigenvalue weighted by Gasteiger charge is -2.10. The van der Waals surface area contributed by atoms with Gasteiger partial charge in [-0.05, 0) is 37.6 Å². The normalized spacial score (nSPS) is 13.0. The first kappa shape index (κ1) is 27.8. The number of nitrogens with zero attached hydrogens (tertiary/aromatic N) is 7. The van der Waals surface area contributed by atoms with Gasteiger partial charge in [-0.1, -0.05) is 6.07 Å². The summed E-state index contributed by atoms with van der Waals surface area (Å²) in [6.07, 6.45) is 4.32. The van der Waals surface area contributed by atoms with E-state index < -0.39 is 11.5 Å². The summed E-state index contributed by atoms with van der Waals surface area (Å²) in [4.78, 5) is 58.3. The summed E-state index contributed by atoms with van der Waals surface area (Å²) < 4.78 is 8.31. The van der Waals surface area contributed by atoms with Crippen molar-refractivity contribution in [1.82, 2.24) is 29.3 Å². The van der Waals surface area contributed by atoms with Gasteiger partial charge < -0.3 is 15.8 Å². The van der Waals surface area contributed by atoms with E-state index in [1.54, 1.807) is 67.1 Å². The Morgan fingerprint density at radius 2 is 1.91 bits per heavy atom. The van der Waals surface area contributed by atoms with Crippen LogP contribution in [0.25, 0.3) is 28.5 Å². The van der Waals surface area contributed by atoms with Crippen LogP contribution >= 0.6 is 11.3 Å². The molecule has 6 rings (SSSR count). The van der Waals surface area contributed by atoms with Gasteiger partial charge in [-0.25, -0.2) is 19.6 Å². The number of ether oxygens (including phenoxy) is 1. The Kier molecular flexibility index (Phi) is 7.19. The van der Waals surface area contributed by atoms with Crippen molar-refractivity contribution in [3.05, 3.63) is 75.8 Å². The number of methoxy groups -OCH3 is 1. The lowest BCUT2D eigenvalue weighted by molar-refractivity contribution is -0.117. The Morgan fingerprint density at radius 3 is 2.63 bits per heavy atom. The van der Waals surface area contributed by atoms with Gasteiger partial charge >= 0.3 is 0 Å². The van der Waals surface area contributed by atoms with E-state index in [0.29, 0.717) is 63.7 Å². The van der Waals surface area contributed by atoms with Crippen LogP contribution in [0.1, 0.15) is 28.9 Å². The zero-order chi connectivity index (χ0) is 30.2. The van der Waals surface area contributed by atoms with E-state index >= 15 is 0 Å². The maximum absolute atomic E-state index is 13.3. The van der Waals surface area contributed by atoms with E-state index in [4.69, 9.17) is 10.5 Å². The molecule has 43 heavy (non-hydrogen) atoms. The largest absolute Gasteiger partial charge is 0.497 e. The number of nitrogen functional groups attached to an aromatic ring is 1. The number of aromatic nitrogens is 6. The molecule has 218 valence electrons. The fraction of sp³-hybridized carbons (Fsp3) is 0.207. The number of amides is 2. The molecular weight excluding hydrogens is 570 g/mol. The summed E-state index contributed by atoms with van der Waals surface area (Å²) in [5.41, 5.74) is 8.98. The second-order valence-corrected chi connectivity index (χ2v) is 10.7. The molecule has 0 spiro atoms. The van der Waals surface area contributed by atoms with Crippen molar-refractivity contribution in [2.75, 3.05) is 29.6 Å². The first-order chi connectivity index (χ1) is 20.7. The van der Waals surface area contributed by atoms with Gasteiger partial charge in [0.15, 0.2) is 10.9 Å². The van der Waals surface area contributed by atoms with Crippen molar-refractivity contribution in [1.29, 1.82) is 0 Å². The Morgan fingerprint density at radius 1 is 1.07 bits per heavy atom. The highest BCUT2D eigenvalue weighted by Crippen LogP contribution is 2.31. The molecule has 1 aliphatic heterocycles. The van der Waals surface area contributed by atoms with Crippen molar-refractivity contribution in [3.63, 3.8) is 0 Å². The molecule has 4 aromatic heterocycles. The Bertz CT molecular complexity index is 1930. The molecule has 0 unspecified atom stereocenters. The number of pyridine rings is 1. The maximum atomic E-state index is 13.3. The average Bonchev–Trinajstić information content (AvgIpc) is 3.72. The van der Waals surface area contributed by atoms with Crippen LogP contribution in [0.3, 0.4) is 0 Å². The number of nitrogens with two attached hydrogens (primary N) is 1. The van der Waals surface area contributed by atoms with Gasteiger partial charge in [0.1, 0.15) is 28.4 Å². The van der Waals surface area contributed by atoms with Crippen LogP contribution in [-0.2, 0) is 11.8 Å². The van der Waals surface area contributed by atoms with Crippen molar-refractivity contribution >= 4 is 39.8 Å². The predicted octanol–water partition coefficient (Wildman–Crippen LogP) is 3.43. The third-order valence-electron chi connectivity index (χ3n) is 7.20. The van der Waals surface area contributed by atoms with Crippen LogP contribution in [0.2, 0.25) is 0 Å². The monoisotopic (exact) mass is 597 g/mol. The molecule has 0 bridgehead atoms. The van der Waals surface area contributed by atoms with Crippen LogP contribution in [0.15, 0.2) is 59.0 Å².